The maximum absolute atomic E-state index is 13.2. The van der Waals surface area contributed by atoms with Gasteiger partial charge in [0.25, 0.3) is 0 Å². The number of amides is 1. The van der Waals surface area contributed by atoms with Gasteiger partial charge in [-0.3, -0.25) is 14.4 Å². The zero-order chi connectivity index (χ0) is 23.5. The first-order chi connectivity index (χ1) is 15.1. The summed E-state index contributed by atoms with van der Waals surface area (Å²) in [5.41, 5.74) is -2.49. The molecule has 1 aromatic carbocycles. The number of benzene rings is 1. The third-order valence-electron chi connectivity index (χ3n) is 5.35. The van der Waals surface area contributed by atoms with E-state index in [0.717, 1.165) is 12.1 Å². The summed E-state index contributed by atoms with van der Waals surface area (Å²) < 4.78 is 0. The van der Waals surface area contributed by atoms with Gasteiger partial charge >= 0.3 is 5.97 Å². The third-order valence-corrected chi connectivity index (χ3v) is 5.35. The molecule has 2 aliphatic carbocycles. The van der Waals surface area contributed by atoms with Crippen LogP contribution >= 0.6 is 0 Å². The van der Waals surface area contributed by atoms with Crippen LogP contribution in [0.3, 0.4) is 0 Å². The number of carboxylic acids is 1. The third kappa shape index (κ3) is 4.79. The molecular formula is C24H21NO7. The standard InChI is InChI=1S/C24H21NO7/c1-24(21(29)14-6-2-3-7-14,22(30)15-8-4-5-9-15)13-12-18(27)25-19-17(26)11-10-16(20(19)28)23(31)32/h2-11,26,28H,12-13H2,1H3,(H,25,27)(H,31,32). The SMILES string of the molecule is CC(CCC(=O)Nc1c(O)ccc(C(=O)O)c1O)(C(=O)[C]1[CH][CH][CH][CH]1)C(=O)[C]1[CH][CH][CH][CH]1. The molecule has 0 aromatic heterocycles. The number of hydrogen-bond donors (Lipinski definition) is 4. The second-order valence-electron chi connectivity index (χ2n) is 7.55. The number of hydrogen-bond acceptors (Lipinski definition) is 6. The van der Waals surface area contributed by atoms with Crippen molar-refractivity contribution in [1.29, 1.82) is 0 Å². The summed E-state index contributed by atoms with van der Waals surface area (Å²) in [6.45, 7) is 1.48. The van der Waals surface area contributed by atoms with Crippen LogP contribution in [0.2, 0.25) is 0 Å². The fourth-order valence-electron chi connectivity index (χ4n) is 3.46. The minimum atomic E-state index is -1.53. The van der Waals surface area contributed by atoms with E-state index in [4.69, 9.17) is 5.11 Å². The molecule has 0 spiro atoms. The van der Waals surface area contributed by atoms with Gasteiger partial charge in [-0.25, -0.2) is 4.79 Å². The Kier molecular flexibility index (Phi) is 7.21. The maximum Gasteiger partial charge on any atom is 0.339 e. The van der Waals surface area contributed by atoms with E-state index in [1.807, 2.05) is 0 Å². The Hall–Kier alpha value is -2.90. The van der Waals surface area contributed by atoms with Crippen molar-refractivity contribution in [3.63, 3.8) is 0 Å². The minimum Gasteiger partial charge on any atom is -0.506 e. The lowest BCUT2D eigenvalue weighted by atomic mass is 9.69. The number of rotatable bonds is 9. The lowest BCUT2D eigenvalue weighted by Crippen LogP contribution is -2.42. The minimum absolute atomic E-state index is 0.146. The van der Waals surface area contributed by atoms with Crippen LogP contribution in [0.5, 0.6) is 11.5 Å². The Balaban J connectivity index is 1.76. The molecule has 0 unspecified atom stereocenters. The van der Waals surface area contributed by atoms with E-state index in [2.05, 4.69) is 5.32 Å². The predicted octanol–water partition coefficient (Wildman–Crippen LogP) is 2.47. The molecular weight excluding hydrogens is 414 g/mol. The van der Waals surface area contributed by atoms with Crippen molar-refractivity contribution in [3.8, 4) is 11.5 Å². The summed E-state index contributed by atoms with van der Waals surface area (Å²) in [6, 6.07) is 2.03. The van der Waals surface area contributed by atoms with Crippen molar-refractivity contribution in [2.45, 2.75) is 19.8 Å². The lowest BCUT2D eigenvalue weighted by Gasteiger charge is -2.31. The Labute approximate surface area is 187 Å². The van der Waals surface area contributed by atoms with Crippen LogP contribution in [-0.2, 0) is 14.4 Å². The fraction of sp³-hybridized carbons (Fsp3) is 0.167. The van der Waals surface area contributed by atoms with Gasteiger partial charge in [-0.05, 0) is 76.8 Å². The molecule has 8 heteroatoms. The van der Waals surface area contributed by atoms with Crippen molar-refractivity contribution in [2.24, 2.45) is 5.41 Å². The smallest absolute Gasteiger partial charge is 0.339 e. The number of carboxylic acid groups (broad SMARTS) is 1. The molecule has 2 fully saturated rings. The molecule has 0 heterocycles. The van der Waals surface area contributed by atoms with Crippen molar-refractivity contribution >= 4 is 29.1 Å². The van der Waals surface area contributed by atoms with Crippen molar-refractivity contribution in [3.05, 3.63) is 80.9 Å². The molecule has 2 saturated carbocycles. The first-order valence-electron chi connectivity index (χ1n) is 9.76. The average Bonchev–Trinajstić information content (AvgIpc) is 3.47. The molecule has 1 amide bonds. The number of anilines is 1. The second-order valence-corrected chi connectivity index (χ2v) is 7.55. The molecule has 4 N–H and O–H groups in total. The topological polar surface area (TPSA) is 141 Å². The highest BCUT2D eigenvalue weighted by Crippen LogP contribution is 2.41. The quantitative estimate of drug-likeness (QED) is 0.345. The summed E-state index contributed by atoms with van der Waals surface area (Å²) in [6.07, 6.45) is 12.6. The van der Waals surface area contributed by atoms with Gasteiger partial charge in [-0.1, -0.05) is 0 Å². The molecule has 0 bridgehead atoms. The molecule has 0 aliphatic heterocycles. The molecule has 10 radical (unpaired) electrons. The van der Waals surface area contributed by atoms with Gasteiger partial charge in [-0.15, -0.1) is 0 Å². The zero-order valence-electron chi connectivity index (χ0n) is 17.2. The predicted molar refractivity (Wildman–Crippen MR) is 114 cm³/mol. The highest BCUT2D eigenvalue weighted by molar-refractivity contribution is 6.20. The van der Waals surface area contributed by atoms with E-state index in [-0.39, 0.29) is 12.8 Å². The van der Waals surface area contributed by atoms with Crippen LogP contribution in [0, 0.1) is 68.6 Å². The van der Waals surface area contributed by atoms with Gasteiger partial charge in [0, 0.05) is 18.3 Å². The summed E-state index contributed by atoms with van der Waals surface area (Å²) in [5.74, 6) is -3.64. The Morgan fingerprint density at radius 1 is 0.875 bits per heavy atom. The van der Waals surface area contributed by atoms with Crippen molar-refractivity contribution < 1.29 is 34.5 Å². The van der Waals surface area contributed by atoms with Crippen LogP contribution in [-0.4, -0.2) is 38.8 Å². The maximum atomic E-state index is 13.2. The Morgan fingerprint density at radius 3 is 1.84 bits per heavy atom. The highest BCUT2D eigenvalue weighted by Gasteiger charge is 2.48. The Bertz CT molecular complexity index is 883. The van der Waals surface area contributed by atoms with E-state index in [0.29, 0.717) is 11.8 Å². The van der Waals surface area contributed by atoms with E-state index < -0.39 is 51.6 Å². The summed E-state index contributed by atoms with van der Waals surface area (Å²) in [4.78, 5) is 50.1. The lowest BCUT2D eigenvalue weighted by molar-refractivity contribution is -0.137. The van der Waals surface area contributed by atoms with Gasteiger partial charge < -0.3 is 20.6 Å². The molecule has 164 valence electrons. The molecule has 0 saturated heterocycles. The number of aromatic hydroxyl groups is 2. The first-order valence-corrected chi connectivity index (χ1v) is 9.76. The number of ketones is 2. The van der Waals surface area contributed by atoms with Crippen molar-refractivity contribution in [1.82, 2.24) is 0 Å². The van der Waals surface area contributed by atoms with Gasteiger partial charge in [0.15, 0.2) is 17.3 Å². The largest absolute Gasteiger partial charge is 0.506 e. The van der Waals surface area contributed by atoms with Crippen molar-refractivity contribution in [2.75, 3.05) is 5.32 Å². The number of nitrogens with one attached hydrogen (secondary N) is 1. The van der Waals surface area contributed by atoms with Crippen LogP contribution in [0.25, 0.3) is 0 Å². The fourth-order valence-corrected chi connectivity index (χ4v) is 3.46. The number of phenols is 2. The van der Waals surface area contributed by atoms with Crippen LogP contribution in [0.1, 0.15) is 30.1 Å². The van der Waals surface area contributed by atoms with E-state index in [1.54, 1.807) is 51.4 Å². The van der Waals surface area contributed by atoms with Gasteiger partial charge in [-0.2, -0.15) is 0 Å². The first kappa shape index (κ1) is 23.8. The normalized spacial score (nSPS) is 17.4. The monoisotopic (exact) mass is 435 g/mol. The number of carbonyl (C=O) groups excluding carboxylic acids is 3. The number of Topliss-reactive ketones (excluding diaryl/α,β-unsaturated/α-hetero) is 2. The molecule has 8 nitrogen and oxygen atoms in total. The van der Waals surface area contributed by atoms with E-state index in [9.17, 15) is 29.4 Å². The number of carbonyl (C=O) groups is 4. The molecule has 32 heavy (non-hydrogen) atoms. The van der Waals surface area contributed by atoms with E-state index >= 15 is 0 Å². The van der Waals surface area contributed by atoms with E-state index in [1.165, 1.54) is 6.92 Å². The average molecular weight is 435 g/mol. The summed E-state index contributed by atoms with van der Waals surface area (Å²) in [7, 11) is 0. The Morgan fingerprint density at radius 2 is 1.38 bits per heavy atom. The van der Waals surface area contributed by atoms with Crippen LogP contribution in [0.4, 0.5) is 5.69 Å². The van der Waals surface area contributed by atoms with Crippen LogP contribution in [0.15, 0.2) is 12.1 Å². The highest BCUT2D eigenvalue weighted by atomic mass is 16.4. The van der Waals surface area contributed by atoms with Gasteiger partial charge in [0.2, 0.25) is 5.91 Å². The second kappa shape index (κ2) is 9.71. The summed E-state index contributed by atoms with van der Waals surface area (Å²) in [5, 5.41) is 31.4. The van der Waals surface area contributed by atoms with Gasteiger partial charge in [0.05, 0.1) is 5.41 Å². The molecule has 3 rings (SSSR count). The molecule has 2 aliphatic rings. The van der Waals surface area contributed by atoms with Crippen LogP contribution < -0.4 is 5.32 Å². The molecule has 1 aromatic rings. The number of phenolic OH excluding ortho intramolecular Hbond substituents is 1. The summed E-state index contributed by atoms with van der Waals surface area (Å²) >= 11 is 0. The molecule has 0 atom stereocenters. The zero-order valence-corrected chi connectivity index (χ0v) is 17.2. The number of aromatic carboxylic acids is 1. The van der Waals surface area contributed by atoms with Gasteiger partial charge in [0.1, 0.15) is 17.0 Å².